The third-order valence-corrected chi connectivity index (χ3v) is 5.66. The van der Waals surface area contributed by atoms with E-state index in [2.05, 4.69) is 31.1 Å². The van der Waals surface area contributed by atoms with Gasteiger partial charge in [0, 0.05) is 26.4 Å². The van der Waals surface area contributed by atoms with Gasteiger partial charge in [-0.05, 0) is 30.3 Å². The van der Waals surface area contributed by atoms with Crippen LogP contribution < -0.4 is 5.84 Å². The molecule has 0 atom stereocenters. The molecular weight excluding hydrogens is 450 g/mol. The second-order valence-corrected chi connectivity index (χ2v) is 7.83. The van der Waals surface area contributed by atoms with Crippen molar-refractivity contribution in [2.75, 3.05) is 5.84 Å². The zero-order valence-corrected chi connectivity index (χ0v) is 17.0. The normalized spacial score (nSPS) is 11.0. The highest BCUT2D eigenvalue weighted by Gasteiger charge is 2.15. The van der Waals surface area contributed by atoms with E-state index in [1.807, 2.05) is 48.5 Å². The van der Waals surface area contributed by atoms with Crippen LogP contribution in [0.5, 0.6) is 0 Å². The zero-order chi connectivity index (χ0) is 18.8. The predicted octanol–water partition coefficient (Wildman–Crippen LogP) is 5.02. The Labute approximate surface area is 172 Å². The Morgan fingerprint density at radius 2 is 2.00 bits per heavy atom. The second kappa shape index (κ2) is 7.75. The molecule has 0 aliphatic rings. The molecule has 27 heavy (non-hydrogen) atoms. The van der Waals surface area contributed by atoms with Crippen LogP contribution in [0.1, 0.15) is 5.69 Å². The standard InChI is InChI=1S/C18H13BrClN5OS/c19-15-7-2-1-6-14(15)16-23-24-18(25(16)21)27-10-13-9-26-17(22-13)11-4-3-5-12(20)8-11/h1-9H,10,21H2. The second-order valence-electron chi connectivity index (χ2n) is 5.60. The van der Waals surface area contributed by atoms with Gasteiger partial charge in [-0.25, -0.2) is 9.66 Å². The van der Waals surface area contributed by atoms with Gasteiger partial charge in [0.25, 0.3) is 0 Å². The number of hydrogen-bond donors (Lipinski definition) is 1. The number of aromatic nitrogens is 4. The van der Waals surface area contributed by atoms with Crippen molar-refractivity contribution in [3.63, 3.8) is 0 Å². The number of rotatable bonds is 5. The number of nitrogens with zero attached hydrogens (tertiary/aromatic N) is 4. The van der Waals surface area contributed by atoms with Gasteiger partial charge >= 0.3 is 0 Å². The number of halogens is 2. The summed E-state index contributed by atoms with van der Waals surface area (Å²) in [6, 6.07) is 15.1. The summed E-state index contributed by atoms with van der Waals surface area (Å²) in [5, 5.41) is 9.61. The summed E-state index contributed by atoms with van der Waals surface area (Å²) >= 11 is 11.0. The molecule has 0 aliphatic heterocycles. The molecule has 0 radical (unpaired) electrons. The Balaban J connectivity index is 1.50. The number of oxazole rings is 1. The van der Waals surface area contributed by atoms with Crippen LogP contribution in [0, 0.1) is 0 Å². The lowest BCUT2D eigenvalue weighted by atomic mass is 10.2. The van der Waals surface area contributed by atoms with Crippen molar-refractivity contribution in [1.29, 1.82) is 0 Å². The van der Waals surface area contributed by atoms with E-state index in [0.717, 1.165) is 21.3 Å². The van der Waals surface area contributed by atoms with Crippen molar-refractivity contribution in [2.24, 2.45) is 0 Å². The molecule has 4 aromatic rings. The van der Waals surface area contributed by atoms with Crippen molar-refractivity contribution in [3.05, 3.63) is 70.0 Å². The van der Waals surface area contributed by atoms with Gasteiger partial charge in [-0.1, -0.05) is 57.5 Å². The average Bonchev–Trinajstić information content (AvgIpc) is 3.28. The first-order valence-electron chi connectivity index (χ1n) is 7.90. The van der Waals surface area contributed by atoms with Crippen LogP contribution in [0.15, 0.2) is 68.8 Å². The minimum atomic E-state index is 0.524. The first kappa shape index (κ1) is 18.1. The Morgan fingerprint density at radius 1 is 1.15 bits per heavy atom. The molecule has 0 bridgehead atoms. The Hall–Kier alpha value is -2.29. The molecule has 0 spiro atoms. The van der Waals surface area contributed by atoms with E-state index in [0.29, 0.717) is 27.6 Å². The van der Waals surface area contributed by atoms with E-state index in [-0.39, 0.29) is 0 Å². The molecule has 0 saturated carbocycles. The number of hydrogen-bond acceptors (Lipinski definition) is 6. The number of benzene rings is 2. The van der Waals surface area contributed by atoms with E-state index in [9.17, 15) is 0 Å². The van der Waals surface area contributed by atoms with Gasteiger partial charge in [0.05, 0.1) is 5.69 Å². The van der Waals surface area contributed by atoms with Crippen molar-refractivity contribution >= 4 is 39.3 Å². The van der Waals surface area contributed by atoms with Crippen molar-refractivity contribution < 1.29 is 4.42 Å². The van der Waals surface area contributed by atoms with E-state index in [4.69, 9.17) is 21.9 Å². The van der Waals surface area contributed by atoms with E-state index < -0.39 is 0 Å². The smallest absolute Gasteiger partial charge is 0.226 e. The van der Waals surface area contributed by atoms with Gasteiger partial charge in [0.15, 0.2) is 5.82 Å². The fourth-order valence-electron chi connectivity index (χ4n) is 2.47. The molecule has 0 aliphatic carbocycles. The summed E-state index contributed by atoms with van der Waals surface area (Å²) < 4.78 is 7.93. The van der Waals surface area contributed by atoms with Gasteiger partial charge in [-0.2, -0.15) is 0 Å². The SMILES string of the molecule is Nn1c(SCc2coc(-c3cccc(Cl)c3)n2)nnc1-c1ccccc1Br. The molecule has 4 rings (SSSR count). The quantitative estimate of drug-likeness (QED) is 0.331. The van der Waals surface area contributed by atoms with Crippen molar-refractivity contribution in [1.82, 2.24) is 19.9 Å². The van der Waals surface area contributed by atoms with E-state index in [1.54, 1.807) is 6.26 Å². The van der Waals surface area contributed by atoms with Crippen LogP contribution in [-0.4, -0.2) is 19.9 Å². The zero-order valence-electron chi connectivity index (χ0n) is 13.8. The molecular formula is C18H13BrClN5OS. The molecule has 2 heterocycles. The van der Waals surface area contributed by atoms with Gasteiger partial charge in [-0.15, -0.1) is 10.2 Å². The highest BCUT2D eigenvalue weighted by molar-refractivity contribution is 9.10. The molecule has 0 amide bonds. The monoisotopic (exact) mass is 461 g/mol. The summed E-state index contributed by atoms with van der Waals surface area (Å²) in [5.74, 6) is 7.84. The Bertz CT molecular complexity index is 1100. The molecule has 6 nitrogen and oxygen atoms in total. The minimum Gasteiger partial charge on any atom is -0.444 e. The lowest BCUT2D eigenvalue weighted by molar-refractivity contribution is 0.573. The summed E-state index contributed by atoms with van der Waals surface area (Å²) in [7, 11) is 0. The average molecular weight is 463 g/mol. The number of thioether (sulfide) groups is 1. The molecule has 0 unspecified atom stereocenters. The lowest BCUT2D eigenvalue weighted by Crippen LogP contribution is -2.11. The van der Waals surface area contributed by atoms with Gasteiger partial charge in [-0.3, -0.25) is 0 Å². The molecule has 0 saturated heterocycles. The first-order chi connectivity index (χ1) is 13.1. The van der Waals surface area contributed by atoms with Gasteiger partial charge in [0.1, 0.15) is 6.26 Å². The topological polar surface area (TPSA) is 82.8 Å². The summed E-state index contributed by atoms with van der Waals surface area (Å²) in [5.41, 5.74) is 2.49. The fourth-order valence-corrected chi connectivity index (χ4v) is 3.85. The summed E-state index contributed by atoms with van der Waals surface area (Å²) in [4.78, 5) is 4.49. The Kier molecular flexibility index (Phi) is 5.20. The van der Waals surface area contributed by atoms with Gasteiger partial charge in [0.2, 0.25) is 11.0 Å². The molecule has 0 fully saturated rings. The lowest BCUT2D eigenvalue weighted by Gasteiger charge is -2.04. The predicted molar refractivity (Wildman–Crippen MR) is 110 cm³/mol. The van der Waals surface area contributed by atoms with Crippen LogP contribution >= 0.6 is 39.3 Å². The first-order valence-corrected chi connectivity index (χ1v) is 10.1. The number of nitrogen functional groups attached to an aromatic ring is 1. The van der Waals surface area contributed by atoms with Gasteiger partial charge < -0.3 is 10.3 Å². The van der Waals surface area contributed by atoms with Crippen molar-refractivity contribution in [2.45, 2.75) is 10.9 Å². The number of nitrogens with two attached hydrogens (primary N) is 1. The maximum absolute atomic E-state index is 6.17. The van der Waals surface area contributed by atoms with Crippen LogP contribution in [0.2, 0.25) is 5.02 Å². The summed E-state index contributed by atoms with van der Waals surface area (Å²) in [6.45, 7) is 0. The van der Waals surface area contributed by atoms with Crippen LogP contribution in [0.3, 0.4) is 0 Å². The molecule has 136 valence electrons. The third-order valence-electron chi connectivity index (χ3n) is 3.75. The largest absolute Gasteiger partial charge is 0.444 e. The molecule has 2 aromatic heterocycles. The summed E-state index contributed by atoms with van der Waals surface area (Å²) in [6.07, 6.45) is 1.62. The highest BCUT2D eigenvalue weighted by Crippen LogP contribution is 2.29. The minimum absolute atomic E-state index is 0.524. The van der Waals surface area contributed by atoms with Crippen LogP contribution in [0.4, 0.5) is 0 Å². The maximum atomic E-state index is 6.17. The Morgan fingerprint density at radius 3 is 2.81 bits per heavy atom. The third kappa shape index (κ3) is 3.87. The fraction of sp³-hybridized carbons (Fsp3) is 0.0556. The van der Waals surface area contributed by atoms with E-state index >= 15 is 0 Å². The molecule has 2 N–H and O–H groups in total. The maximum Gasteiger partial charge on any atom is 0.226 e. The van der Waals surface area contributed by atoms with Crippen LogP contribution in [0.25, 0.3) is 22.8 Å². The van der Waals surface area contributed by atoms with Crippen LogP contribution in [-0.2, 0) is 5.75 Å². The molecule has 2 aromatic carbocycles. The van der Waals surface area contributed by atoms with Crippen molar-refractivity contribution in [3.8, 4) is 22.8 Å². The molecule has 9 heteroatoms. The van der Waals surface area contributed by atoms with E-state index in [1.165, 1.54) is 16.4 Å². The highest BCUT2D eigenvalue weighted by atomic mass is 79.9.